The minimum absolute atomic E-state index is 0.0815. The molecule has 1 amide bonds. The van der Waals surface area contributed by atoms with E-state index in [2.05, 4.69) is 33.5 Å². The fourth-order valence-electron chi connectivity index (χ4n) is 2.21. The Hall–Kier alpha value is -0.870. The molecule has 0 spiro atoms. The van der Waals surface area contributed by atoms with Gasteiger partial charge < -0.3 is 10.6 Å². The van der Waals surface area contributed by atoms with Crippen LogP contribution >= 0.6 is 15.9 Å². The van der Waals surface area contributed by atoms with Gasteiger partial charge in [-0.3, -0.25) is 4.79 Å². The second-order valence-corrected chi connectivity index (χ2v) is 5.50. The molecule has 0 aliphatic carbocycles. The van der Waals surface area contributed by atoms with E-state index in [1.807, 2.05) is 25.1 Å². The Morgan fingerprint density at radius 1 is 1.53 bits per heavy atom. The number of halogens is 1. The number of benzene rings is 1. The number of carbonyl (C=O) groups is 1. The van der Waals surface area contributed by atoms with Gasteiger partial charge in [0.15, 0.2) is 0 Å². The zero-order chi connectivity index (χ0) is 12.4. The SMILES string of the molecule is Cc1cc(Br)ccc1NC(=O)C1CCNC1C. The van der Waals surface area contributed by atoms with Crippen LogP contribution in [0.25, 0.3) is 0 Å². The van der Waals surface area contributed by atoms with Gasteiger partial charge in [-0.25, -0.2) is 0 Å². The summed E-state index contributed by atoms with van der Waals surface area (Å²) in [6.07, 6.45) is 0.919. The van der Waals surface area contributed by atoms with E-state index in [-0.39, 0.29) is 17.9 Å². The van der Waals surface area contributed by atoms with Crippen LogP contribution in [0, 0.1) is 12.8 Å². The predicted molar refractivity (Wildman–Crippen MR) is 73.1 cm³/mol. The van der Waals surface area contributed by atoms with Crippen LogP contribution in [0.3, 0.4) is 0 Å². The standard InChI is InChI=1S/C13H17BrN2O/c1-8-7-10(14)3-4-12(8)16-13(17)11-5-6-15-9(11)2/h3-4,7,9,11,15H,5-6H2,1-2H3,(H,16,17). The van der Waals surface area contributed by atoms with Crippen LogP contribution in [0.15, 0.2) is 22.7 Å². The average Bonchev–Trinajstić information content (AvgIpc) is 2.68. The van der Waals surface area contributed by atoms with Crippen LogP contribution in [-0.4, -0.2) is 18.5 Å². The molecule has 1 fully saturated rings. The van der Waals surface area contributed by atoms with Crippen molar-refractivity contribution in [1.29, 1.82) is 0 Å². The first-order chi connectivity index (χ1) is 8.08. The van der Waals surface area contributed by atoms with Crippen LogP contribution in [0.2, 0.25) is 0 Å². The molecule has 92 valence electrons. The summed E-state index contributed by atoms with van der Waals surface area (Å²) in [7, 11) is 0. The molecule has 1 saturated heterocycles. The first kappa shape index (κ1) is 12.6. The largest absolute Gasteiger partial charge is 0.326 e. The van der Waals surface area contributed by atoms with Gasteiger partial charge in [-0.1, -0.05) is 15.9 Å². The second kappa shape index (κ2) is 5.19. The molecule has 4 heteroatoms. The molecule has 3 nitrogen and oxygen atoms in total. The third-order valence-electron chi connectivity index (χ3n) is 3.31. The van der Waals surface area contributed by atoms with E-state index in [0.717, 1.165) is 28.7 Å². The maximum atomic E-state index is 12.1. The van der Waals surface area contributed by atoms with Crippen molar-refractivity contribution in [2.45, 2.75) is 26.3 Å². The summed E-state index contributed by atoms with van der Waals surface area (Å²) in [4.78, 5) is 12.1. The Kier molecular flexibility index (Phi) is 3.84. The smallest absolute Gasteiger partial charge is 0.229 e. The molecule has 1 aromatic carbocycles. The van der Waals surface area contributed by atoms with Gasteiger partial charge in [0, 0.05) is 16.2 Å². The van der Waals surface area contributed by atoms with Gasteiger partial charge in [0.2, 0.25) is 5.91 Å². The molecule has 0 radical (unpaired) electrons. The summed E-state index contributed by atoms with van der Waals surface area (Å²) in [5.74, 6) is 0.200. The van der Waals surface area contributed by atoms with Crippen LogP contribution in [0.1, 0.15) is 18.9 Å². The lowest BCUT2D eigenvalue weighted by molar-refractivity contribution is -0.120. The summed E-state index contributed by atoms with van der Waals surface area (Å²) < 4.78 is 1.03. The topological polar surface area (TPSA) is 41.1 Å². The molecule has 2 N–H and O–H groups in total. The minimum atomic E-state index is 0.0815. The van der Waals surface area contributed by atoms with Crippen molar-refractivity contribution in [2.75, 3.05) is 11.9 Å². The maximum Gasteiger partial charge on any atom is 0.229 e. The number of hydrogen-bond acceptors (Lipinski definition) is 2. The van der Waals surface area contributed by atoms with Gasteiger partial charge >= 0.3 is 0 Å². The Morgan fingerprint density at radius 2 is 2.29 bits per heavy atom. The maximum absolute atomic E-state index is 12.1. The third kappa shape index (κ3) is 2.87. The molecular weight excluding hydrogens is 280 g/mol. The number of carbonyl (C=O) groups excluding carboxylic acids is 1. The van der Waals surface area contributed by atoms with Crippen molar-refractivity contribution in [1.82, 2.24) is 5.32 Å². The van der Waals surface area contributed by atoms with Gasteiger partial charge in [-0.15, -0.1) is 0 Å². The van der Waals surface area contributed by atoms with Crippen molar-refractivity contribution in [3.05, 3.63) is 28.2 Å². The minimum Gasteiger partial charge on any atom is -0.326 e. The molecule has 2 atom stereocenters. The molecule has 1 aliphatic rings. The van der Waals surface area contributed by atoms with Crippen LogP contribution in [0.4, 0.5) is 5.69 Å². The van der Waals surface area contributed by atoms with E-state index in [4.69, 9.17) is 0 Å². The Bertz CT molecular complexity index is 433. The molecule has 1 heterocycles. The van der Waals surface area contributed by atoms with Crippen LogP contribution < -0.4 is 10.6 Å². The summed E-state index contributed by atoms with van der Waals surface area (Å²) in [5, 5.41) is 6.30. The van der Waals surface area contributed by atoms with Gasteiger partial charge in [0.25, 0.3) is 0 Å². The van der Waals surface area contributed by atoms with E-state index in [9.17, 15) is 4.79 Å². The molecule has 1 aromatic rings. The summed E-state index contributed by atoms with van der Waals surface area (Å²) >= 11 is 3.42. The summed E-state index contributed by atoms with van der Waals surface area (Å²) in [5.41, 5.74) is 1.98. The first-order valence-electron chi connectivity index (χ1n) is 5.88. The van der Waals surface area contributed by atoms with E-state index < -0.39 is 0 Å². The second-order valence-electron chi connectivity index (χ2n) is 4.59. The van der Waals surface area contributed by atoms with Gasteiger partial charge in [-0.05, 0) is 50.6 Å². The normalized spacial score (nSPS) is 23.7. The van der Waals surface area contributed by atoms with Crippen molar-refractivity contribution in [3.63, 3.8) is 0 Å². The zero-order valence-corrected chi connectivity index (χ0v) is 11.7. The van der Waals surface area contributed by atoms with Crippen molar-refractivity contribution >= 4 is 27.5 Å². The average molecular weight is 297 g/mol. The molecule has 2 rings (SSSR count). The molecule has 0 saturated carbocycles. The lowest BCUT2D eigenvalue weighted by Crippen LogP contribution is -2.32. The fraction of sp³-hybridized carbons (Fsp3) is 0.462. The molecular formula is C13H17BrN2O. The third-order valence-corrected chi connectivity index (χ3v) is 3.80. The van der Waals surface area contributed by atoms with E-state index in [1.54, 1.807) is 0 Å². The molecule has 17 heavy (non-hydrogen) atoms. The number of anilines is 1. The number of rotatable bonds is 2. The van der Waals surface area contributed by atoms with Gasteiger partial charge in [-0.2, -0.15) is 0 Å². The monoisotopic (exact) mass is 296 g/mol. The summed E-state index contributed by atoms with van der Waals surface area (Å²) in [6.45, 7) is 4.99. The highest BCUT2D eigenvalue weighted by Crippen LogP contribution is 2.22. The quantitative estimate of drug-likeness (QED) is 0.881. The predicted octanol–water partition coefficient (Wildman–Crippen LogP) is 2.69. The van der Waals surface area contributed by atoms with Gasteiger partial charge in [0.1, 0.15) is 0 Å². The number of hydrogen-bond donors (Lipinski definition) is 2. The van der Waals surface area contributed by atoms with E-state index >= 15 is 0 Å². The van der Waals surface area contributed by atoms with Crippen molar-refractivity contribution in [2.24, 2.45) is 5.92 Å². The van der Waals surface area contributed by atoms with E-state index in [0.29, 0.717) is 0 Å². The highest BCUT2D eigenvalue weighted by atomic mass is 79.9. The Balaban J connectivity index is 2.07. The Labute approximate surface area is 110 Å². The highest BCUT2D eigenvalue weighted by molar-refractivity contribution is 9.10. The number of aryl methyl sites for hydroxylation is 1. The lowest BCUT2D eigenvalue weighted by atomic mass is 10.0. The number of amides is 1. The fourth-order valence-corrected chi connectivity index (χ4v) is 2.69. The first-order valence-corrected chi connectivity index (χ1v) is 6.67. The molecule has 0 aromatic heterocycles. The molecule has 2 unspecified atom stereocenters. The lowest BCUT2D eigenvalue weighted by Gasteiger charge is -2.16. The highest BCUT2D eigenvalue weighted by Gasteiger charge is 2.29. The van der Waals surface area contributed by atoms with Crippen molar-refractivity contribution < 1.29 is 4.79 Å². The molecule has 0 bridgehead atoms. The Morgan fingerprint density at radius 3 is 2.88 bits per heavy atom. The molecule has 1 aliphatic heterocycles. The zero-order valence-electron chi connectivity index (χ0n) is 10.1. The van der Waals surface area contributed by atoms with Gasteiger partial charge in [0.05, 0.1) is 5.92 Å². The number of nitrogens with one attached hydrogen (secondary N) is 2. The van der Waals surface area contributed by atoms with Crippen LogP contribution in [-0.2, 0) is 4.79 Å². The van der Waals surface area contributed by atoms with E-state index in [1.165, 1.54) is 0 Å². The van der Waals surface area contributed by atoms with Crippen LogP contribution in [0.5, 0.6) is 0 Å². The summed E-state index contributed by atoms with van der Waals surface area (Å²) in [6, 6.07) is 6.15. The van der Waals surface area contributed by atoms with Crippen molar-refractivity contribution in [3.8, 4) is 0 Å².